The second-order valence-corrected chi connectivity index (χ2v) is 4.61. The van der Waals surface area contributed by atoms with Gasteiger partial charge in [0.15, 0.2) is 11.6 Å². The van der Waals surface area contributed by atoms with E-state index in [1.807, 2.05) is 36.4 Å². The van der Waals surface area contributed by atoms with Gasteiger partial charge >= 0.3 is 0 Å². The first-order chi connectivity index (χ1) is 10.3. The first kappa shape index (κ1) is 11.7. The van der Waals surface area contributed by atoms with Gasteiger partial charge in [0, 0.05) is 17.4 Å². The molecule has 0 unspecified atom stereocenters. The van der Waals surface area contributed by atoms with Gasteiger partial charge < -0.3 is 10.2 Å². The molecule has 0 radical (unpaired) electrons. The summed E-state index contributed by atoms with van der Waals surface area (Å²) in [6.45, 7) is 0. The molecule has 0 saturated carbocycles. The molecule has 0 fully saturated rings. The highest BCUT2D eigenvalue weighted by atomic mass is 16.3. The van der Waals surface area contributed by atoms with E-state index in [-0.39, 0.29) is 0 Å². The van der Waals surface area contributed by atoms with Gasteiger partial charge in [0.2, 0.25) is 0 Å². The molecule has 0 aliphatic rings. The number of anilines is 1. The number of hydrogen-bond donors (Lipinski definition) is 1. The maximum Gasteiger partial charge on any atom is 0.181 e. The number of nitrogens with two attached hydrogens (primary N) is 1. The first-order valence-electron chi connectivity index (χ1n) is 6.41. The van der Waals surface area contributed by atoms with E-state index in [9.17, 15) is 0 Å². The predicted octanol–water partition coefficient (Wildman–Crippen LogP) is 2.66. The van der Waals surface area contributed by atoms with Crippen molar-refractivity contribution in [3.05, 3.63) is 55.2 Å². The van der Waals surface area contributed by atoms with E-state index in [0.29, 0.717) is 17.3 Å². The average Bonchev–Trinajstić information content (AvgIpc) is 3.16. The topological polar surface area (TPSA) is 82.8 Å². The van der Waals surface area contributed by atoms with Crippen LogP contribution in [0.15, 0.2) is 59.6 Å². The van der Waals surface area contributed by atoms with Crippen LogP contribution in [0.5, 0.6) is 0 Å². The Labute approximate surface area is 119 Å². The SMILES string of the molecule is Nc1cccc(-c2ncn(-c3nccc4occc34)n2)c1. The molecule has 3 heterocycles. The van der Waals surface area contributed by atoms with Crippen molar-refractivity contribution < 1.29 is 4.42 Å². The van der Waals surface area contributed by atoms with Crippen LogP contribution >= 0.6 is 0 Å². The first-order valence-corrected chi connectivity index (χ1v) is 6.41. The summed E-state index contributed by atoms with van der Waals surface area (Å²) in [5, 5.41) is 5.36. The fraction of sp³-hybridized carbons (Fsp3) is 0. The van der Waals surface area contributed by atoms with E-state index in [4.69, 9.17) is 10.2 Å². The van der Waals surface area contributed by atoms with E-state index in [2.05, 4.69) is 15.1 Å². The summed E-state index contributed by atoms with van der Waals surface area (Å²) >= 11 is 0. The van der Waals surface area contributed by atoms with Crippen molar-refractivity contribution in [1.29, 1.82) is 0 Å². The molecule has 0 atom stereocenters. The summed E-state index contributed by atoms with van der Waals surface area (Å²) in [5.41, 5.74) is 8.10. The Hall–Kier alpha value is -3.15. The quantitative estimate of drug-likeness (QED) is 0.569. The van der Waals surface area contributed by atoms with Crippen LogP contribution < -0.4 is 5.73 Å². The minimum Gasteiger partial charge on any atom is -0.464 e. The van der Waals surface area contributed by atoms with Gasteiger partial charge in [-0.3, -0.25) is 0 Å². The van der Waals surface area contributed by atoms with Crippen LogP contribution in [0.2, 0.25) is 0 Å². The van der Waals surface area contributed by atoms with E-state index in [1.54, 1.807) is 23.5 Å². The number of nitrogen functional groups attached to an aromatic ring is 1. The molecule has 0 spiro atoms. The summed E-state index contributed by atoms with van der Waals surface area (Å²) < 4.78 is 7.00. The third kappa shape index (κ3) is 1.93. The molecule has 4 aromatic rings. The molecule has 102 valence electrons. The molecule has 6 heteroatoms. The normalized spacial score (nSPS) is 11.0. The van der Waals surface area contributed by atoms with Gasteiger partial charge in [0.05, 0.1) is 11.6 Å². The standard InChI is InChI=1S/C15H11N5O/c16-11-3-1-2-10(8-11)14-18-9-20(19-14)15-12-5-7-21-13(12)4-6-17-15/h1-9H,16H2. The molecule has 0 amide bonds. The van der Waals surface area contributed by atoms with Gasteiger partial charge in [-0.25, -0.2) is 14.6 Å². The number of nitrogens with zero attached hydrogens (tertiary/aromatic N) is 4. The van der Waals surface area contributed by atoms with Crippen molar-refractivity contribution in [1.82, 2.24) is 19.7 Å². The molecule has 1 aromatic carbocycles. The Morgan fingerprint density at radius 1 is 1.10 bits per heavy atom. The third-order valence-corrected chi connectivity index (χ3v) is 3.21. The maximum atomic E-state index is 5.79. The van der Waals surface area contributed by atoms with Gasteiger partial charge in [-0.05, 0) is 24.3 Å². The summed E-state index contributed by atoms with van der Waals surface area (Å²) in [6.07, 6.45) is 4.95. The number of aromatic nitrogens is 4. The van der Waals surface area contributed by atoms with Crippen LogP contribution in [0, 0.1) is 0 Å². The minimum atomic E-state index is 0.601. The molecule has 2 N–H and O–H groups in total. The molecule has 0 aliphatic heterocycles. The molecule has 3 aromatic heterocycles. The van der Waals surface area contributed by atoms with Gasteiger partial charge in [0.1, 0.15) is 11.9 Å². The van der Waals surface area contributed by atoms with Crippen LogP contribution in [0.3, 0.4) is 0 Å². The summed E-state index contributed by atoms with van der Waals surface area (Å²) in [7, 11) is 0. The van der Waals surface area contributed by atoms with Crippen molar-refractivity contribution in [3.8, 4) is 17.2 Å². The van der Waals surface area contributed by atoms with Gasteiger partial charge in [-0.1, -0.05) is 12.1 Å². The van der Waals surface area contributed by atoms with E-state index >= 15 is 0 Å². The van der Waals surface area contributed by atoms with Gasteiger partial charge in [0.25, 0.3) is 0 Å². The Kier molecular flexibility index (Phi) is 2.47. The number of rotatable bonds is 2. The van der Waals surface area contributed by atoms with Crippen LogP contribution in [0.25, 0.3) is 28.2 Å². The maximum absolute atomic E-state index is 5.79. The molecule has 0 saturated heterocycles. The third-order valence-electron chi connectivity index (χ3n) is 3.21. The molecular weight excluding hydrogens is 266 g/mol. The summed E-state index contributed by atoms with van der Waals surface area (Å²) in [6, 6.07) is 11.1. The zero-order valence-corrected chi connectivity index (χ0v) is 11.0. The van der Waals surface area contributed by atoms with E-state index < -0.39 is 0 Å². The number of furan rings is 1. The van der Waals surface area contributed by atoms with Crippen molar-refractivity contribution in [2.45, 2.75) is 0 Å². The lowest BCUT2D eigenvalue weighted by Crippen LogP contribution is -1.98. The fourth-order valence-electron chi connectivity index (χ4n) is 2.24. The monoisotopic (exact) mass is 277 g/mol. The van der Waals surface area contributed by atoms with Gasteiger partial charge in [-0.15, -0.1) is 5.10 Å². The summed E-state index contributed by atoms with van der Waals surface area (Å²) in [5.74, 6) is 1.29. The van der Waals surface area contributed by atoms with Crippen LogP contribution in [0.4, 0.5) is 5.69 Å². The van der Waals surface area contributed by atoms with Crippen LogP contribution in [-0.4, -0.2) is 19.7 Å². The predicted molar refractivity (Wildman–Crippen MR) is 78.8 cm³/mol. The van der Waals surface area contributed by atoms with Crippen molar-refractivity contribution >= 4 is 16.7 Å². The highest BCUT2D eigenvalue weighted by Crippen LogP contribution is 2.22. The molecule has 4 rings (SSSR count). The Balaban J connectivity index is 1.83. The minimum absolute atomic E-state index is 0.601. The lowest BCUT2D eigenvalue weighted by molar-refractivity contribution is 0.615. The van der Waals surface area contributed by atoms with Crippen molar-refractivity contribution in [3.63, 3.8) is 0 Å². The van der Waals surface area contributed by atoms with Crippen LogP contribution in [-0.2, 0) is 0 Å². The Morgan fingerprint density at radius 2 is 2.05 bits per heavy atom. The van der Waals surface area contributed by atoms with Crippen LogP contribution in [0.1, 0.15) is 0 Å². The zero-order chi connectivity index (χ0) is 14.2. The molecule has 6 nitrogen and oxygen atoms in total. The fourth-order valence-corrected chi connectivity index (χ4v) is 2.24. The lowest BCUT2D eigenvalue weighted by Gasteiger charge is -2.00. The highest BCUT2D eigenvalue weighted by Gasteiger charge is 2.10. The second-order valence-electron chi connectivity index (χ2n) is 4.61. The van der Waals surface area contributed by atoms with Gasteiger partial charge in [-0.2, -0.15) is 0 Å². The molecular formula is C15H11N5O. The smallest absolute Gasteiger partial charge is 0.181 e. The van der Waals surface area contributed by atoms with Crippen molar-refractivity contribution in [2.75, 3.05) is 5.73 Å². The number of fused-ring (bicyclic) bond motifs is 1. The Morgan fingerprint density at radius 3 is 2.95 bits per heavy atom. The number of pyridine rings is 1. The number of benzene rings is 1. The molecule has 0 bridgehead atoms. The molecule has 0 aliphatic carbocycles. The number of hydrogen-bond acceptors (Lipinski definition) is 5. The largest absolute Gasteiger partial charge is 0.464 e. The summed E-state index contributed by atoms with van der Waals surface area (Å²) in [4.78, 5) is 8.67. The van der Waals surface area contributed by atoms with Crippen molar-refractivity contribution in [2.24, 2.45) is 0 Å². The second kappa shape index (κ2) is 4.45. The average molecular weight is 277 g/mol. The molecule has 21 heavy (non-hydrogen) atoms. The Bertz CT molecular complexity index is 924. The lowest BCUT2D eigenvalue weighted by atomic mass is 10.2. The van der Waals surface area contributed by atoms with E-state index in [1.165, 1.54) is 0 Å². The highest BCUT2D eigenvalue weighted by molar-refractivity contribution is 5.83. The zero-order valence-electron chi connectivity index (χ0n) is 11.0. The van der Waals surface area contributed by atoms with E-state index in [0.717, 1.165) is 16.5 Å².